The second-order valence-electron chi connectivity index (χ2n) is 4.20. The number of ether oxygens (including phenoxy) is 1. The van der Waals surface area contributed by atoms with Crippen LogP contribution in [-0.4, -0.2) is 16.1 Å². The molecule has 0 radical (unpaired) electrons. The molecule has 0 bridgehead atoms. The summed E-state index contributed by atoms with van der Waals surface area (Å²) in [5, 5.41) is 3.38. The van der Waals surface area contributed by atoms with E-state index in [2.05, 4.69) is 22.2 Å². The van der Waals surface area contributed by atoms with Gasteiger partial charge in [0.15, 0.2) is 0 Å². The van der Waals surface area contributed by atoms with E-state index < -0.39 is 0 Å². The van der Waals surface area contributed by atoms with Crippen molar-refractivity contribution in [3.63, 3.8) is 0 Å². The van der Waals surface area contributed by atoms with E-state index in [1.54, 1.807) is 12.3 Å². The third-order valence-corrected chi connectivity index (χ3v) is 2.83. The van der Waals surface area contributed by atoms with Gasteiger partial charge in [0.25, 0.3) is 0 Å². The number of hydrogen-bond donors (Lipinski definition) is 1. The highest BCUT2D eigenvalue weighted by Crippen LogP contribution is 2.22. The number of anilines is 2. The zero-order valence-corrected chi connectivity index (χ0v) is 11.7. The molecule has 0 aliphatic heterocycles. The van der Waals surface area contributed by atoms with Gasteiger partial charge in [-0.3, -0.25) is 0 Å². The first kappa shape index (κ1) is 13.6. The van der Waals surface area contributed by atoms with Crippen molar-refractivity contribution < 1.29 is 4.74 Å². The van der Waals surface area contributed by atoms with Crippen LogP contribution in [-0.2, 0) is 0 Å². The third-order valence-electron chi connectivity index (χ3n) is 2.64. The van der Waals surface area contributed by atoms with Crippen LogP contribution >= 0.6 is 11.6 Å². The van der Waals surface area contributed by atoms with Gasteiger partial charge in [-0.1, -0.05) is 13.0 Å². The molecule has 4 nitrogen and oxygen atoms in total. The highest BCUT2D eigenvalue weighted by atomic mass is 35.5. The molecule has 0 fully saturated rings. The lowest BCUT2D eigenvalue weighted by Gasteiger charge is -2.13. The fraction of sp³-hybridized carbons (Fsp3) is 0.286. The Morgan fingerprint density at radius 1 is 1.37 bits per heavy atom. The van der Waals surface area contributed by atoms with Crippen LogP contribution in [0.1, 0.15) is 20.3 Å². The zero-order chi connectivity index (χ0) is 13.7. The lowest BCUT2D eigenvalue weighted by Crippen LogP contribution is -2.09. The zero-order valence-electron chi connectivity index (χ0n) is 10.9. The maximum Gasteiger partial charge on any atom is 0.224 e. The summed E-state index contributed by atoms with van der Waals surface area (Å²) in [4.78, 5) is 7.92. The van der Waals surface area contributed by atoms with Crippen LogP contribution in [0.3, 0.4) is 0 Å². The lowest BCUT2D eigenvalue weighted by atomic mass is 10.2. The molecule has 0 aliphatic rings. The van der Waals surface area contributed by atoms with E-state index in [1.807, 2.05) is 31.2 Å². The number of hydrogen-bond acceptors (Lipinski definition) is 4. The van der Waals surface area contributed by atoms with E-state index in [4.69, 9.17) is 16.3 Å². The Hall–Kier alpha value is -1.81. The van der Waals surface area contributed by atoms with Gasteiger partial charge >= 0.3 is 0 Å². The molecule has 0 saturated carbocycles. The van der Waals surface area contributed by atoms with E-state index in [0.29, 0.717) is 5.82 Å². The van der Waals surface area contributed by atoms with Crippen molar-refractivity contribution in [2.75, 3.05) is 5.32 Å². The predicted molar refractivity (Wildman–Crippen MR) is 77.1 cm³/mol. The summed E-state index contributed by atoms with van der Waals surface area (Å²) in [7, 11) is 0. The Labute approximate surface area is 117 Å². The Morgan fingerprint density at radius 3 is 2.95 bits per heavy atom. The van der Waals surface area contributed by atoms with E-state index in [1.165, 1.54) is 0 Å². The number of nitrogens with one attached hydrogen (secondary N) is 1. The fourth-order valence-electron chi connectivity index (χ4n) is 1.52. The third kappa shape index (κ3) is 4.10. The Kier molecular flexibility index (Phi) is 4.58. The number of benzene rings is 1. The molecular weight excluding hydrogens is 262 g/mol. The monoisotopic (exact) mass is 277 g/mol. The maximum atomic E-state index is 5.77. The molecule has 1 aromatic carbocycles. The summed E-state index contributed by atoms with van der Waals surface area (Å²) < 4.78 is 5.77. The van der Waals surface area contributed by atoms with Gasteiger partial charge in [0, 0.05) is 18.0 Å². The fourth-order valence-corrected chi connectivity index (χ4v) is 1.66. The van der Waals surface area contributed by atoms with E-state index in [-0.39, 0.29) is 11.4 Å². The first-order valence-corrected chi connectivity index (χ1v) is 6.57. The van der Waals surface area contributed by atoms with Crippen LogP contribution in [0, 0.1) is 0 Å². The minimum absolute atomic E-state index is 0.198. The Balaban J connectivity index is 2.10. The molecule has 1 N–H and O–H groups in total. The summed E-state index contributed by atoms with van der Waals surface area (Å²) >= 11 is 5.74. The molecule has 100 valence electrons. The van der Waals surface area contributed by atoms with Crippen LogP contribution in [0.15, 0.2) is 36.5 Å². The summed E-state index contributed by atoms with van der Waals surface area (Å²) in [6.45, 7) is 4.14. The van der Waals surface area contributed by atoms with E-state index >= 15 is 0 Å². The number of rotatable bonds is 5. The molecule has 1 unspecified atom stereocenters. The van der Waals surface area contributed by atoms with Crippen molar-refractivity contribution in [1.29, 1.82) is 0 Å². The van der Waals surface area contributed by atoms with Gasteiger partial charge in [-0.05, 0) is 43.1 Å². The molecule has 1 aromatic heterocycles. The topological polar surface area (TPSA) is 47.0 Å². The molecule has 5 heteroatoms. The smallest absolute Gasteiger partial charge is 0.224 e. The Morgan fingerprint density at radius 2 is 2.21 bits per heavy atom. The summed E-state index contributed by atoms with van der Waals surface area (Å²) in [5.74, 6) is 1.49. The maximum absolute atomic E-state index is 5.77. The van der Waals surface area contributed by atoms with Crippen LogP contribution in [0.5, 0.6) is 5.75 Å². The first-order chi connectivity index (χ1) is 9.17. The highest BCUT2D eigenvalue weighted by Gasteiger charge is 2.03. The van der Waals surface area contributed by atoms with Crippen molar-refractivity contribution in [3.8, 4) is 5.75 Å². The molecule has 19 heavy (non-hydrogen) atoms. The van der Waals surface area contributed by atoms with Crippen LogP contribution in [0.25, 0.3) is 0 Å². The largest absolute Gasteiger partial charge is 0.491 e. The number of halogens is 1. The van der Waals surface area contributed by atoms with Crippen molar-refractivity contribution in [2.45, 2.75) is 26.4 Å². The highest BCUT2D eigenvalue weighted by molar-refractivity contribution is 6.28. The Bertz CT molecular complexity index is 548. The van der Waals surface area contributed by atoms with Crippen molar-refractivity contribution in [1.82, 2.24) is 9.97 Å². The summed E-state index contributed by atoms with van der Waals surface area (Å²) in [6, 6.07) is 9.50. The molecule has 0 aliphatic carbocycles. The second-order valence-corrected chi connectivity index (χ2v) is 4.54. The summed E-state index contributed by atoms with van der Waals surface area (Å²) in [5.41, 5.74) is 0.899. The molecule has 2 rings (SSSR count). The van der Waals surface area contributed by atoms with Crippen LogP contribution in [0.2, 0.25) is 5.28 Å². The minimum Gasteiger partial charge on any atom is -0.491 e. The van der Waals surface area contributed by atoms with Crippen LogP contribution in [0.4, 0.5) is 11.5 Å². The minimum atomic E-state index is 0.198. The van der Waals surface area contributed by atoms with E-state index in [0.717, 1.165) is 17.9 Å². The number of aromatic nitrogens is 2. The van der Waals surface area contributed by atoms with Gasteiger partial charge in [-0.25, -0.2) is 9.97 Å². The van der Waals surface area contributed by atoms with Crippen molar-refractivity contribution >= 4 is 23.1 Å². The van der Waals surface area contributed by atoms with Crippen LogP contribution < -0.4 is 10.1 Å². The van der Waals surface area contributed by atoms with Gasteiger partial charge in [0.2, 0.25) is 5.28 Å². The number of nitrogens with zero attached hydrogens (tertiary/aromatic N) is 2. The molecule has 1 heterocycles. The van der Waals surface area contributed by atoms with Gasteiger partial charge in [0.05, 0.1) is 6.10 Å². The molecule has 0 amide bonds. The standard InChI is InChI=1S/C14H16ClN3O/c1-3-10(2)19-12-6-4-5-11(9-12)17-13-7-8-16-14(15)18-13/h4-10H,3H2,1-2H3,(H,16,17,18). The first-order valence-electron chi connectivity index (χ1n) is 6.19. The average Bonchev–Trinajstić information content (AvgIpc) is 2.39. The van der Waals surface area contributed by atoms with Gasteiger partial charge in [-0.15, -0.1) is 0 Å². The SMILES string of the molecule is CCC(C)Oc1cccc(Nc2ccnc(Cl)n2)c1. The quantitative estimate of drug-likeness (QED) is 0.838. The van der Waals surface area contributed by atoms with Gasteiger partial charge < -0.3 is 10.1 Å². The van der Waals surface area contributed by atoms with E-state index in [9.17, 15) is 0 Å². The average molecular weight is 278 g/mol. The van der Waals surface area contributed by atoms with Crippen molar-refractivity contribution in [2.24, 2.45) is 0 Å². The van der Waals surface area contributed by atoms with Gasteiger partial charge in [-0.2, -0.15) is 0 Å². The second kappa shape index (κ2) is 6.38. The molecule has 1 atom stereocenters. The summed E-state index contributed by atoms with van der Waals surface area (Å²) in [6.07, 6.45) is 2.78. The normalized spacial score (nSPS) is 11.9. The molecular formula is C14H16ClN3O. The van der Waals surface area contributed by atoms with Crippen molar-refractivity contribution in [3.05, 3.63) is 41.8 Å². The van der Waals surface area contributed by atoms with Gasteiger partial charge in [0.1, 0.15) is 11.6 Å². The molecule has 0 saturated heterocycles. The molecule has 0 spiro atoms. The molecule has 2 aromatic rings. The predicted octanol–water partition coefficient (Wildman–Crippen LogP) is 4.05. The lowest BCUT2D eigenvalue weighted by molar-refractivity contribution is 0.217.